The third-order valence-electron chi connectivity index (χ3n) is 5.06. The zero-order valence-electron chi connectivity index (χ0n) is 15.7. The molecule has 0 aliphatic carbocycles. The summed E-state index contributed by atoms with van der Waals surface area (Å²) in [6.07, 6.45) is 3.04. The Morgan fingerprint density at radius 2 is 1.75 bits per heavy atom. The van der Waals surface area contributed by atoms with Crippen LogP contribution >= 0.6 is 0 Å². The van der Waals surface area contributed by atoms with Crippen molar-refractivity contribution >= 4 is 10.8 Å². The van der Waals surface area contributed by atoms with Gasteiger partial charge in [0.1, 0.15) is 5.75 Å². The monoisotopic (exact) mass is 401 g/mol. The highest BCUT2D eigenvalue weighted by Crippen LogP contribution is 2.43. The molecule has 146 valence electrons. The van der Waals surface area contributed by atoms with E-state index in [1.54, 1.807) is 14.2 Å². The molecule has 0 amide bonds. The van der Waals surface area contributed by atoms with E-state index in [1.807, 2.05) is 24.3 Å². The summed E-state index contributed by atoms with van der Waals surface area (Å²) >= 11 is 0. The minimum absolute atomic E-state index is 0. The molecule has 0 radical (unpaired) electrons. The third kappa shape index (κ3) is 2.85. The second-order valence-corrected chi connectivity index (χ2v) is 6.56. The molecule has 2 aliphatic heterocycles. The zero-order valence-corrected chi connectivity index (χ0v) is 16.4. The van der Waals surface area contributed by atoms with Gasteiger partial charge in [0, 0.05) is 24.6 Å². The zero-order chi connectivity index (χ0) is 18.4. The van der Waals surface area contributed by atoms with Crippen LogP contribution in [0.5, 0.6) is 28.7 Å². The number of benzene rings is 2. The molecule has 3 aromatic rings. The van der Waals surface area contributed by atoms with Gasteiger partial charge < -0.3 is 36.1 Å². The number of hydrogen-bond acceptors (Lipinski definition) is 5. The molecule has 28 heavy (non-hydrogen) atoms. The van der Waals surface area contributed by atoms with Crippen molar-refractivity contribution in [2.45, 2.75) is 13.0 Å². The number of pyridine rings is 1. The van der Waals surface area contributed by atoms with Gasteiger partial charge in [0.2, 0.25) is 12.5 Å². The van der Waals surface area contributed by atoms with E-state index >= 15 is 0 Å². The van der Waals surface area contributed by atoms with Gasteiger partial charge in [-0.15, -0.1) is 0 Å². The van der Waals surface area contributed by atoms with Gasteiger partial charge in [-0.05, 0) is 17.5 Å². The van der Waals surface area contributed by atoms with Crippen LogP contribution in [-0.2, 0) is 6.54 Å². The molecule has 0 N–H and O–H groups in total. The number of rotatable bonds is 2. The fraction of sp³-hybridized carbons (Fsp3) is 0.286. The Bertz CT molecular complexity index is 1050. The smallest absolute Gasteiger partial charge is 0.231 e. The second-order valence-electron chi connectivity index (χ2n) is 6.56. The molecular formula is C21H20ClNO5. The van der Waals surface area contributed by atoms with Crippen molar-refractivity contribution in [3.8, 4) is 40.0 Å². The molecule has 6 nitrogen and oxygen atoms in total. The Morgan fingerprint density at radius 3 is 2.54 bits per heavy atom. The molecule has 0 bridgehead atoms. The summed E-state index contributed by atoms with van der Waals surface area (Å²) in [5.74, 6) is 3.76. The summed E-state index contributed by atoms with van der Waals surface area (Å²) in [6, 6.07) is 10.1. The van der Waals surface area contributed by atoms with Crippen molar-refractivity contribution in [2.24, 2.45) is 0 Å². The van der Waals surface area contributed by atoms with Crippen molar-refractivity contribution in [1.29, 1.82) is 0 Å². The van der Waals surface area contributed by atoms with E-state index in [-0.39, 0.29) is 19.2 Å². The Morgan fingerprint density at radius 1 is 0.929 bits per heavy atom. The lowest BCUT2D eigenvalue weighted by molar-refractivity contribution is -0.685. The molecule has 2 aromatic carbocycles. The standard InChI is InChI=1S/C21H20NO5.ClH/c1-23-17-5-4-13-8-16-14-9-19-20(27-12-26-19)10-18(14)25-7-3-6-22(16)11-15(13)21(17)24-2;/h4-5,8-11H,3,6-7,12H2,1-2H3;1H/q+1;/p-1. The van der Waals surface area contributed by atoms with Crippen molar-refractivity contribution in [3.63, 3.8) is 0 Å². The van der Waals surface area contributed by atoms with Crippen LogP contribution in [0.3, 0.4) is 0 Å². The van der Waals surface area contributed by atoms with Crippen molar-refractivity contribution in [3.05, 3.63) is 36.5 Å². The van der Waals surface area contributed by atoms with Crippen LogP contribution in [0.1, 0.15) is 6.42 Å². The normalized spacial score (nSPS) is 14.1. The number of aromatic nitrogens is 1. The molecule has 1 aromatic heterocycles. The van der Waals surface area contributed by atoms with E-state index in [1.165, 1.54) is 0 Å². The lowest BCUT2D eigenvalue weighted by atomic mass is 10.0. The van der Waals surface area contributed by atoms with Crippen LogP contribution in [0, 0.1) is 0 Å². The summed E-state index contributed by atoms with van der Waals surface area (Å²) in [7, 11) is 3.32. The third-order valence-corrected chi connectivity index (χ3v) is 5.06. The average molecular weight is 402 g/mol. The molecule has 5 rings (SSSR count). The maximum atomic E-state index is 6.01. The summed E-state index contributed by atoms with van der Waals surface area (Å²) in [5, 5.41) is 2.09. The summed E-state index contributed by atoms with van der Waals surface area (Å²) in [4.78, 5) is 0. The average Bonchev–Trinajstić information content (AvgIpc) is 3.15. The molecule has 0 spiro atoms. The number of hydrogen-bond donors (Lipinski definition) is 0. The Kier molecular flexibility index (Phi) is 4.81. The lowest BCUT2D eigenvalue weighted by Gasteiger charge is -2.17. The first-order chi connectivity index (χ1) is 13.3. The topological polar surface area (TPSA) is 50.0 Å². The molecule has 0 saturated carbocycles. The molecular weight excluding hydrogens is 382 g/mol. The van der Waals surface area contributed by atoms with Gasteiger partial charge >= 0.3 is 0 Å². The predicted octanol–water partition coefficient (Wildman–Crippen LogP) is 0.327. The number of aryl methyl sites for hydroxylation is 1. The maximum absolute atomic E-state index is 6.01. The SMILES string of the molecule is COc1ccc2cc3[n+](cc2c1OC)CCCOc1cc2c(cc1-3)OCO2.[Cl-]. The van der Waals surface area contributed by atoms with Crippen molar-refractivity contribution in [2.75, 3.05) is 27.6 Å². The number of ether oxygens (including phenoxy) is 5. The molecule has 0 atom stereocenters. The number of methoxy groups -OCH3 is 2. The first-order valence-corrected chi connectivity index (χ1v) is 8.93. The lowest BCUT2D eigenvalue weighted by Crippen LogP contribution is -3.00. The van der Waals surface area contributed by atoms with E-state index < -0.39 is 0 Å². The van der Waals surface area contributed by atoms with E-state index in [2.05, 4.69) is 16.8 Å². The molecule has 0 unspecified atom stereocenters. The van der Waals surface area contributed by atoms with Gasteiger partial charge in [0.15, 0.2) is 35.7 Å². The molecule has 0 saturated heterocycles. The molecule has 3 heterocycles. The van der Waals surface area contributed by atoms with Gasteiger partial charge in [0.05, 0.1) is 31.8 Å². The van der Waals surface area contributed by atoms with Crippen LogP contribution in [-0.4, -0.2) is 27.6 Å². The van der Waals surface area contributed by atoms with Gasteiger partial charge in [-0.1, -0.05) is 0 Å². The summed E-state index contributed by atoms with van der Waals surface area (Å²) in [6.45, 7) is 1.73. The second kappa shape index (κ2) is 7.28. The van der Waals surface area contributed by atoms with Crippen molar-refractivity contribution in [1.82, 2.24) is 0 Å². The van der Waals surface area contributed by atoms with E-state index in [0.717, 1.165) is 63.7 Å². The number of nitrogens with zero attached hydrogens (tertiary/aromatic N) is 1. The van der Waals surface area contributed by atoms with E-state index in [4.69, 9.17) is 23.7 Å². The molecule has 7 heteroatoms. The Hall–Kier alpha value is -2.86. The highest BCUT2D eigenvalue weighted by Gasteiger charge is 2.27. The summed E-state index contributed by atoms with van der Waals surface area (Å²) in [5.41, 5.74) is 2.07. The van der Waals surface area contributed by atoms with E-state index in [9.17, 15) is 0 Å². The van der Waals surface area contributed by atoms with Crippen LogP contribution in [0.25, 0.3) is 22.0 Å². The van der Waals surface area contributed by atoms with Crippen LogP contribution < -0.4 is 40.7 Å². The summed E-state index contributed by atoms with van der Waals surface area (Å²) < 4.78 is 30.4. The minimum Gasteiger partial charge on any atom is -1.00 e. The molecule has 2 aliphatic rings. The Balaban J connectivity index is 0.00000192. The first-order valence-electron chi connectivity index (χ1n) is 8.93. The minimum atomic E-state index is 0. The predicted molar refractivity (Wildman–Crippen MR) is 98.9 cm³/mol. The quantitative estimate of drug-likeness (QED) is 0.579. The highest BCUT2D eigenvalue weighted by molar-refractivity contribution is 5.91. The molecule has 0 fully saturated rings. The van der Waals surface area contributed by atoms with Gasteiger partial charge in [-0.25, -0.2) is 0 Å². The first kappa shape index (κ1) is 18.5. The van der Waals surface area contributed by atoms with Gasteiger partial charge in [-0.2, -0.15) is 4.57 Å². The largest absolute Gasteiger partial charge is 1.00 e. The van der Waals surface area contributed by atoms with Crippen LogP contribution in [0.15, 0.2) is 36.5 Å². The van der Waals surface area contributed by atoms with Crippen LogP contribution in [0.4, 0.5) is 0 Å². The van der Waals surface area contributed by atoms with E-state index in [0.29, 0.717) is 6.61 Å². The Labute approximate surface area is 168 Å². The maximum Gasteiger partial charge on any atom is 0.231 e. The highest BCUT2D eigenvalue weighted by atomic mass is 35.5. The van der Waals surface area contributed by atoms with Crippen LogP contribution in [0.2, 0.25) is 0 Å². The van der Waals surface area contributed by atoms with Gasteiger partial charge in [-0.3, -0.25) is 0 Å². The fourth-order valence-electron chi connectivity index (χ4n) is 3.76. The van der Waals surface area contributed by atoms with Gasteiger partial charge in [0.25, 0.3) is 0 Å². The fourth-order valence-corrected chi connectivity index (χ4v) is 3.76. The number of fused-ring (bicyclic) bond motifs is 5. The number of halogens is 1. The van der Waals surface area contributed by atoms with Crippen molar-refractivity contribution < 1.29 is 40.7 Å².